The fraction of sp³-hybridized carbons (Fsp3) is 0.222. The zero-order valence-electron chi connectivity index (χ0n) is 14.3. The van der Waals surface area contributed by atoms with Crippen molar-refractivity contribution in [2.75, 3.05) is 20.0 Å². The van der Waals surface area contributed by atoms with Gasteiger partial charge in [0, 0.05) is 10.5 Å². The molecule has 0 aliphatic carbocycles. The van der Waals surface area contributed by atoms with E-state index in [1.165, 1.54) is 7.11 Å². The molecule has 0 heterocycles. The predicted molar refractivity (Wildman–Crippen MR) is 97.3 cm³/mol. The highest BCUT2D eigenvalue weighted by molar-refractivity contribution is 7.98. The van der Waals surface area contributed by atoms with Crippen molar-refractivity contribution in [2.45, 2.75) is 11.8 Å². The first-order chi connectivity index (χ1) is 12.1. The first-order valence-corrected chi connectivity index (χ1v) is 8.87. The average Bonchev–Trinajstić information content (AvgIpc) is 2.66. The molecule has 0 radical (unpaired) electrons. The highest BCUT2D eigenvalue weighted by Crippen LogP contribution is 2.25. The fourth-order valence-corrected chi connectivity index (χ4v) is 2.54. The predicted octanol–water partition coefficient (Wildman–Crippen LogP) is 2.89. The van der Waals surface area contributed by atoms with Gasteiger partial charge in [-0.15, -0.1) is 11.8 Å². The van der Waals surface area contributed by atoms with Gasteiger partial charge in [0.1, 0.15) is 11.5 Å². The van der Waals surface area contributed by atoms with Crippen LogP contribution in [0.3, 0.4) is 0 Å². The monoisotopic (exact) mass is 360 g/mol. The summed E-state index contributed by atoms with van der Waals surface area (Å²) in [7, 11) is 1.49. The number of hydrogen-bond donors (Lipinski definition) is 2. The molecule has 2 rings (SSSR count). The third-order valence-electron chi connectivity index (χ3n) is 3.37. The minimum atomic E-state index is -0.455. The van der Waals surface area contributed by atoms with E-state index < -0.39 is 11.8 Å². The van der Waals surface area contributed by atoms with Crippen molar-refractivity contribution >= 4 is 23.6 Å². The number of carbonyl (C=O) groups is 2. The van der Waals surface area contributed by atoms with Gasteiger partial charge < -0.3 is 9.47 Å². The Morgan fingerprint density at radius 2 is 1.72 bits per heavy atom. The number of thioether (sulfide) groups is 1. The lowest BCUT2D eigenvalue weighted by atomic mass is 10.2. The Hall–Kier alpha value is -2.67. The molecule has 0 aliphatic rings. The molecule has 0 bridgehead atoms. The summed E-state index contributed by atoms with van der Waals surface area (Å²) >= 11 is 1.55. The van der Waals surface area contributed by atoms with Gasteiger partial charge in [-0.2, -0.15) is 0 Å². The molecule has 0 fully saturated rings. The highest BCUT2D eigenvalue weighted by atomic mass is 32.2. The van der Waals surface area contributed by atoms with Crippen LogP contribution < -0.4 is 20.3 Å². The third kappa shape index (κ3) is 4.90. The number of carbonyl (C=O) groups excluding carboxylic acids is 2. The molecule has 2 aromatic carbocycles. The largest absolute Gasteiger partial charge is 0.496 e. The molecule has 0 unspecified atom stereocenters. The Morgan fingerprint density at radius 1 is 1.04 bits per heavy atom. The zero-order chi connectivity index (χ0) is 18.2. The van der Waals surface area contributed by atoms with Gasteiger partial charge in [-0.1, -0.05) is 0 Å². The Bertz CT molecular complexity index is 747. The van der Waals surface area contributed by atoms with Gasteiger partial charge >= 0.3 is 0 Å². The van der Waals surface area contributed by atoms with E-state index in [0.29, 0.717) is 29.2 Å². The number of hydrazine groups is 1. The third-order valence-corrected chi connectivity index (χ3v) is 4.10. The van der Waals surface area contributed by atoms with E-state index in [0.717, 1.165) is 4.90 Å². The Balaban J connectivity index is 2.00. The van der Waals surface area contributed by atoms with Crippen LogP contribution in [0.25, 0.3) is 0 Å². The van der Waals surface area contributed by atoms with E-state index >= 15 is 0 Å². The number of ether oxygens (including phenoxy) is 2. The molecule has 132 valence electrons. The number of methoxy groups -OCH3 is 1. The van der Waals surface area contributed by atoms with Crippen molar-refractivity contribution in [3.63, 3.8) is 0 Å². The normalized spacial score (nSPS) is 10.0. The van der Waals surface area contributed by atoms with Crippen molar-refractivity contribution in [1.29, 1.82) is 0 Å². The lowest BCUT2D eigenvalue weighted by Gasteiger charge is -2.11. The molecule has 0 aliphatic heterocycles. The van der Waals surface area contributed by atoms with Crippen molar-refractivity contribution in [3.05, 3.63) is 53.6 Å². The smallest absolute Gasteiger partial charge is 0.273 e. The summed E-state index contributed by atoms with van der Waals surface area (Å²) in [6.07, 6.45) is 1.94. The van der Waals surface area contributed by atoms with Crippen LogP contribution in [0.2, 0.25) is 0 Å². The lowest BCUT2D eigenvalue weighted by Crippen LogP contribution is -2.41. The molecule has 2 aromatic rings. The van der Waals surface area contributed by atoms with Crippen LogP contribution in [0.4, 0.5) is 0 Å². The van der Waals surface area contributed by atoms with E-state index in [1.807, 2.05) is 19.2 Å². The molecule has 0 saturated heterocycles. The summed E-state index contributed by atoms with van der Waals surface area (Å²) < 4.78 is 10.6. The van der Waals surface area contributed by atoms with Crippen molar-refractivity contribution < 1.29 is 19.1 Å². The summed E-state index contributed by atoms with van der Waals surface area (Å²) in [5.74, 6) is 0.251. The standard InChI is InChI=1S/C18H20N2O4S/c1-4-24-13-7-5-12(6-8-13)17(21)19-20-18(22)15-10-9-14(25-3)11-16(15)23-2/h5-11H,4H2,1-3H3,(H,19,21)(H,20,22). The second-order valence-electron chi connectivity index (χ2n) is 4.93. The zero-order valence-corrected chi connectivity index (χ0v) is 15.1. The minimum absolute atomic E-state index is 0.340. The van der Waals surface area contributed by atoms with E-state index in [4.69, 9.17) is 9.47 Å². The summed E-state index contributed by atoms with van der Waals surface area (Å²) in [4.78, 5) is 25.3. The second-order valence-corrected chi connectivity index (χ2v) is 5.81. The summed E-state index contributed by atoms with van der Waals surface area (Å²) in [6, 6.07) is 11.9. The molecule has 25 heavy (non-hydrogen) atoms. The second kappa shape index (κ2) is 8.98. The summed E-state index contributed by atoms with van der Waals surface area (Å²) in [5, 5.41) is 0. The Labute approximate surface area is 150 Å². The molecule has 0 spiro atoms. The van der Waals surface area contributed by atoms with E-state index in [2.05, 4.69) is 10.9 Å². The quantitative estimate of drug-likeness (QED) is 0.612. The van der Waals surface area contributed by atoms with Crippen LogP contribution in [0, 0.1) is 0 Å². The SMILES string of the molecule is CCOc1ccc(C(=O)NNC(=O)c2ccc(SC)cc2OC)cc1. The molecule has 7 heteroatoms. The van der Waals surface area contributed by atoms with Gasteiger partial charge in [0.15, 0.2) is 0 Å². The van der Waals surface area contributed by atoms with Crippen LogP contribution in [-0.2, 0) is 0 Å². The molecular formula is C18H20N2O4S. The van der Waals surface area contributed by atoms with Crippen LogP contribution in [0.5, 0.6) is 11.5 Å². The number of benzene rings is 2. The van der Waals surface area contributed by atoms with E-state index in [1.54, 1.807) is 48.2 Å². The van der Waals surface area contributed by atoms with Crippen molar-refractivity contribution in [3.8, 4) is 11.5 Å². The van der Waals surface area contributed by atoms with Crippen LogP contribution in [-0.4, -0.2) is 31.8 Å². The number of hydrogen-bond acceptors (Lipinski definition) is 5. The molecule has 2 N–H and O–H groups in total. The van der Waals surface area contributed by atoms with E-state index in [9.17, 15) is 9.59 Å². The summed E-state index contributed by atoms with van der Waals surface area (Å²) in [5.41, 5.74) is 5.53. The fourth-order valence-electron chi connectivity index (χ4n) is 2.11. The van der Waals surface area contributed by atoms with Gasteiger partial charge in [-0.3, -0.25) is 20.4 Å². The number of nitrogens with one attached hydrogen (secondary N) is 2. The van der Waals surface area contributed by atoms with Crippen LogP contribution in [0.15, 0.2) is 47.4 Å². The van der Waals surface area contributed by atoms with Crippen molar-refractivity contribution in [2.24, 2.45) is 0 Å². The van der Waals surface area contributed by atoms with Gasteiger partial charge in [-0.25, -0.2) is 0 Å². The maximum Gasteiger partial charge on any atom is 0.273 e. The van der Waals surface area contributed by atoms with Crippen LogP contribution >= 0.6 is 11.8 Å². The van der Waals surface area contributed by atoms with E-state index in [-0.39, 0.29) is 0 Å². The summed E-state index contributed by atoms with van der Waals surface area (Å²) in [6.45, 7) is 2.44. The molecule has 2 amide bonds. The highest BCUT2D eigenvalue weighted by Gasteiger charge is 2.14. The maximum atomic E-state index is 12.3. The van der Waals surface area contributed by atoms with Gasteiger partial charge in [0.25, 0.3) is 11.8 Å². The average molecular weight is 360 g/mol. The van der Waals surface area contributed by atoms with Gasteiger partial charge in [0.05, 0.1) is 19.3 Å². The Kier molecular flexibility index (Phi) is 6.71. The van der Waals surface area contributed by atoms with Crippen LogP contribution in [0.1, 0.15) is 27.6 Å². The first kappa shape index (κ1) is 18.7. The number of rotatable bonds is 6. The van der Waals surface area contributed by atoms with Crippen molar-refractivity contribution in [1.82, 2.24) is 10.9 Å². The van der Waals surface area contributed by atoms with Gasteiger partial charge in [0.2, 0.25) is 0 Å². The molecular weight excluding hydrogens is 340 g/mol. The minimum Gasteiger partial charge on any atom is -0.496 e. The topological polar surface area (TPSA) is 76.7 Å². The maximum absolute atomic E-state index is 12.3. The molecule has 0 atom stereocenters. The number of amides is 2. The molecule has 0 saturated carbocycles. The first-order valence-electron chi connectivity index (χ1n) is 7.64. The molecule has 6 nitrogen and oxygen atoms in total. The lowest BCUT2D eigenvalue weighted by molar-refractivity contribution is 0.0845. The van der Waals surface area contributed by atoms with Gasteiger partial charge in [-0.05, 0) is 55.6 Å². The molecule has 0 aromatic heterocycles. The Morgan fingerprint density at radius 3 is 2.32 bits per heavy atom.